The molecule has 0 fully saturated rings. The Morgan fingerprint density at radius 3 is 2.53 bits per heavy atom. The molecule has 0 aliphatic carbocycles. The van der Waals surface area contributed by atoms with Gasteiger partial charge in [0.2, 0.25) is 0 Å². The van der Waals surface area contributed by atoms with Crippen molar-refractivity contribution in [2.24, 2.45) is 0 Å². The molecule has 5 nitrogen and oxygen atoms in total. The largest absolute Gasteiger partial charge is 0.298 e. The zero-order chi connectivity index (χ0) is 11.6. The summed E-state index contributed by atoms with van der Waals surface area (Å²) in [6.45, 7) is 1.11. The molecule has 0 heterocycles. The summed E-state index contributed by atoms with van der Waals surface area (Å²) >= 11 is 0. The van der Waals surface area contributed by atoms with Gasteiger partial charge in [0.15, 0.2) is 12.1 Å². The van der Waals surface area contributed by atoms with E-state index in [0.29, 0.717) is 0 Å². The van der Waals surface area contributed by atoms with Crippen molar-refractivity contribution in [2.75, 3.05) is 0 Å². The molecule has 78 valence electrons. The van der Waals surface area contributed by atoms with Crippen LogP contribution >= 0.6 is 0 Å². The highest BCUT2D eigenvalue weighted by molar-refractivity contribution is 6.01. The van der Waals surface area contributed by atoms with Crippen molar-refractivity contribution in [3.8, 4) is 0 Å². The van der Waals surface area contributed by atoms with Crippen LogP contribution in [0.15, 0.2) is 12.1 Å². The van der Waals surface area contributed by atoms with Crippen LogP contribution in [0.1, 0.15) is 27.6 Å². The minimum Gasteiger partial charge on any atom is -0.298 e. The van der Waals surface area contributed by atoms with Crippen molar-refractivity contribution >= 4 is 17.8 Å². The van der Waals surface area contributed by atoms with Gasteiger partial charge in [-0.15, -0.1) is 0 Å². The normalized spacial score (nSPS) is 9.73. The second-order valence-corrected chi connectivity index (χ2v) is 2.79. The van der Waals surface area contributed by atoms with Crippen molar-refractivity contribution in [2.45, 2.75) is 6.92 Å². The van der Waals surface area contributed by atoms with Gasteiger partial charge in [0.25, 0.3) is 5.69 Å². The van der Waals surface area contributed by atoms with Gasteiger partial charge >= 0.3 is 0 Å². The van der Waals surface area contributed by atoms with Gasteiger partial charge in [-0.05, 0) is 19.1 Å². The number of hydrogen-bond acceptors (Lipinski definition) is 4. The Morgan fingerprint density at radius 2 is 2.13 bits per heavy atom. The number of hydrogen-bond donors (Lipinski definition) is 0. The summed E-state index contributed by atoms with van der Waals surface area (Å²) in [5.41, 5.74) is -1.76. The van der Waals surface area contributed by atoms with Crippen LogP contribution < -0.4 is 0 Å². The Kier molecular flexibility index (Phi) is 2.89. The molecule has 0 spiro atoms. The zero-order valence-electron chi connectivity index (χ0n) is 7.69. The second kappa shape index (κ2) is 3.95. The first-order valence-corrected chi connectivity index (χ1v) is 3.92. The molecule has 0 aliphatic heterocycles. The molecule has 0 aromatic heterocycles. The van der Waals surface area contributed by atoms with E-state index < -0.39 is 27.8 Å². The molecule has 0 saturated carbocycles. The van der Waals surface area contributed by atoms with Gasteiger partial charge in [0.1, 0.15) is 11.4 Å². The summed E-state index contributed by atoms with van der Waals surface area (Å²) in [6, 6.07) is 1.84. The standard InChI is InChI=1S/C9H6FNO4/c1-5(13)6-2-3-8(10)7(4-12)9(6)11(14)15/h2-4H,1H3. The lowest BCUT2D eigenvalue weighted by Crippen LogP contribution is -2.05. The van der Waals surface area contributed by atoms with Crippen molar-refractivity contribution < 1.29 is 18.9 Å². The van der Waals surface area contributed by atoms with E-state index in [-0.39, 0.29) is 11.8 Å². The van der Waals surface area contributed by atoms with Crippen LogP contribution in [0, 0.1) is 15.9 Å². The number of halogens is 1. The Morgan fingerprint density at radius 1 is 1.53 bits per heavy atom. The molecule has 15 heavy (non-hydrogen) atoms. The third-order valence-electron chi connectivity index (χ3n) is 1.84. The Balaban J connectivity index is 3.63. The van der Waals surface area contributed by atoms with E-state index in [1.54, 1.807) is 0 Å². The van der Waals surface area contributed by atoms with Gasteiger partial charge in [-0.3, -0.25) is 19.7 Å². The maximum absolute atomic E-state index is 13.0. The number of nitrogens with zero attached hydrogens (tertiary/aromatic N) is 1. The predicted molar refractivity (Wildman–Crippen MR) is 48.4 cm³/mol. The fourth-order valence-electron chi connectivity index (χ4n) is 1.18. The van der Waals surface area contributed by atoms with Gasteiger partial charge in [0.05, 0.1) is 10.5 Å². The first-order valence-electron chi connectivity index (χ1n) is 3.92. The summed E-state index contributed by atoms with van der Waals surface area (Å²) in [5, 5.41) is 10.6. The average Bonchev–Trinajstić information content (AvgIpc) is 2.16. The number of nitro groups is 1. The van der Waals surface area contributed by atoms with Crippen molar-refractivity contribution in [3.05, 3.63) is 39.2 Å². The molecule has 0 unspecified atom stereocenters. The molecule has 6 heteroatoms. The molecule has 0 N–H and O–H groups in total. The maximum Gasteiger partial charge on any atom is 0.293 e. The van der Waals surface area contributed by atoms with Gasteiger partial charge < -0.3 is 0 Å². The number of Topliss-reactive ketones (excluding diaryl/α,β-unsaturated/α-hetero) is 1. The summed E-state index contributed by atoms with van der Waals surface area (Å²) in [6.07, 6.45) is 0.0277. The molecular formula is C9H6FNO4. The molecule has 1 aromatic carbocycles. The van der Waals surface area contributed by atoms with Crippen LogP contribution in [0.4, 0.5) is 10.1 Å². The number of benzene rings is 1. The van der Waals surface area contributed by atoms with E-state index in [9.17, 15) is 24.1 Å². The number of nitro benzene ring substituents is 1. The topological polar surface area (TPSA) is 77.3 Å². The van der Waals surface area contributed by atoms with E-state index in [1.165, 1.54) is 0 Å². The quantitative estimate of drug-likeness (QED) is 0.330. The maximum atomic E-state index is 13.0. The Hall–Kier alpha value is -2.11. The zero-order valence-corrected chi connectivity index (χ0v) is 7.69. The molecule has 0 atom stereocenters. The summed E-state index contributed by atoms with van der Waals surface area (Å²) in [5.74, 6) is -1.61. The van der Waals surface area contributed by atoms with Gasteiger partial charge in [0, 0.05) is 0 Å². The smallest absolute Gasteiger partial charge is 0.293 e. The second-order valence-electron chi connectivity index (χ2n) is 2.79. The molecule has 1 aromatic rings. The van der Waals surface area contributed by atoms with Crippen LogP contribution in [0.25, 0.3) is 0 Å². The van der Waals surface area contributed by atoms with E-state index in [1.807, 2.05) is 0 Å². The number of carbonyl (C=O) groups is 2. The lowest BCUT2D eigenvalue weighted by molar-refractivity contribution is -0.385. The number of ketones is 1. The highest BCUT2D eigenvalue weighted by Crippen LogP contribution is 2.25. The van der Waals surface area contributed by atoms with Crippen LogP contribution in [-0.2, 0) is 0 Å². The first-order chi connectivity index (χ1) is 6.99. The molecule has 1 rings (SSSR count). The Bertz CT molecular complexity index is 456. The van der Waals surface area contributed by atoms with E-state index in [0.717, 1.165) is 19.1 Å². The average molecular weight is 211 g/mol. The summed E-state index contributed by atoms with van der Waals surface area (Å²) in [4.78, 5) is 31.1. The minimum atomic E-state index is -1.01. The molecule has 0 saturated heterocycles. The molecule has 0 bridgehead atoms. The monoisotopic (exact) mass is 211 g/mol. The highest BCUT2D eigenvalue weighted by Gasteiger charge is 2.25. The van der Waals surface area contributed by atoms with E-state index in [2.05, 4.69) is 0 Å². The van der Waals surface area contributed by atoms with Crippen LogP contribution in [0.3, 0.4) is 0 Å². The van der Waals surface area contributed by atoms with Crippen LogP contribution in [-0.4, -0.2) is 17.0 Å². The fraction of sp³-hybridized carbons (Fsp3) is 0.111. The SMILES string of the molecule is CC(=O)c1ccc(F)c(C=O)c1[N+](=O)[O-]. The molecular weight excluding hydrogens is 205 g/mol. The van der Waals surface area contributed by atoms with E-state index in [4.69, 9.17) is 0 Å². The summed E-state index contributed by atoms with van der Waals surface area (Å²) in [7, 11) is 0. The third kappa shape index (κ3) is 1.88. The first kappa shape index (κ1) is 11.0. The fourth-order valence-corrected chi connectivity index (χ4v) is 1.18. The van der Waals surface area contributed by atoms with E-state index >= 15 is 0 Å². The third-order valence-corrected chi connectivity index (χ3v) is 1.84. The predicted octanol–water partition coefficient (Wildman–Crippen LogP) is 1.75. The van der Waals surface area contributed by atoms with Gasteiger partial charge in [-0.1, -0.05) is 0 Å². The summed E-state index contributed by atoms with van der Waals surface area (Å²) < 4.78 is 13.0. The van der Waals surface area contributed by atoms with Crippen LogP contribution in [0.2, 0.25) is 0 Å². The van der Waals surface area contributed by atoms with Crippen molar-refractivity contribution in [1.82, 2.24) is 0 Å². The lowest BCUT2D eigenvalue weighted by atomic mass is 10.0. The van der Waals surface area contributed by atoms with Crippen molar-refractivity contribution in [3.63, 3.8) is 0 Å². The number of aldehydes is 1. The highest BCUT2D eigenvalue weighted by atomic mass is 19.1. The lowest BCUT2D eigenvalue weighted by Gasteiger charge is -2.01. The molecule has 0 radical (unpaired) electrons. The van der Waals surface area contributed by atoms with Crippen LogP contribution in [0.5, 0.6) is 0 Å². The minimum absolute atomic E-state index is 0.0277. The van der Waals surface area contributed by atoms with Crippen molar-refractivity contribution in [1.29, 1.82) is 0 Å². The number of rotatable bonds is 3. The van der Waals surface area contributed by atoms with Gasteiger partial charge in [-0.25, -0.2) is 4.39 Å². The Labute approximate surface area is 83.7 Å². The number of carbonyl (C=O) groups excluding carboxylic acids is 2. The molecule has 0 aliphatic rings. The molecule has 0 amide bonds. The van der Waals surface area contributed by atoms with Gasteiger partial charge in [-0.2, -0.15) is 0 Å².